The summed E-state index contributed by atoms with van der Waals surface area (Å²) in [5.41, 5.74) is 0.266. The van der Waals surface area contributed by atoms with E-state index in [4.69, 9.17) is 4.42 Å². The van der Waals surface area contributed by atoms with Gasteiger partial charge in [0.15, 0.2) is 11.2 Å². The fourth-order valence-electron chi connectivity index (χ4n) is 3.25. The zero-order chi connectivity index (χ0) is 15.5. The third-order valence-electron chi connectivity index (χ3n) is 4.57. The number of para-hydroxylation sites is 1. The summed E-state index contributed by atoms with van der Waals surface area (Å²) >= 11 is 0. The van der Waals surface area contributed by atoms with Crippen molar-refractivity contribution in [2.45, 2.75) is 45.1 Å². The molecular weight excluding hydrogens is 278 g/mol. The van der Waals surface area contributed by atoms with Crippen molar-refractivity contribution >= 4 is 16.9 Å². The quantitative estimate of drug-likeness (QED) is 0.943. The van der Waals surface area contributed by atoms with Gasteiger partial charge in [0.05, 0.1) is 5.39 Å². The van der Waals surface area contributed by atoms with Gasteiger partial charge in [-0.1, -0.05) is 31.4 Å². The van der Waals surface area contributed by atoms with Crippen molar-refractivity contribution in [2.24, 2.45) is 5.92 Å². The highest BCUT2D eigenvalue weighted by Gasteiger charge is 2.23. The Morgan fingerprint density at radius 1 is 1.23 bits per heavy atom. The van der Waals surface area contributed by atoms with Gasteiger partial charge in [-0.25, -0.2) is 0 Å². The topological polar surface area (TPSA) is 59.3 Å². The largest absolute Gasteiger partial charge is 0.451 e. The van der Waals surface area contributed by atoms with Crippen molar-refractivity contribution in [1.82, 2.24) is 5.32 Å². The van der Waals surface area contributed by atoms with Crippen LogP contribution >= 0.6 is 0 Å². The molecule has 0 saturated heterocycles. The highest BCUT2D eigenvalue weighted by atomic mass is 16.3. The average molecular weight is 299 g/mol. The first-order chi connectivity index (χ1) is 10.6. The predicted molar refractivity (Wildman–Crippen MR) is 86.0 cm³/mol. The summed E-state index contributed by atoms with van der Waals surface area (Å²) in [6.07, 6.45) is 6.06. The second-order valence-electron chi connectivity index (χ2n) is 6.13. The van der Waals surface area contributed by atoms with Crippen LogP contribution in [0.4, 0.5) is 0 Å². The SMILES string of the molecule is C[C@@H](NC(=O)c1cc(=O)c2ccccc2o1)C1CCCCC1. The maximum Gasteiger partial charge on any atom is 0.287 e. The lowest BCUT2D eigenvalue weighted by molar-refractivity contribution is 0.0891. The van der Waals surface area contributed by atoms with Crippen LogP contribution in [-0.4, -0.2) is 11.9 Å². The number of carbonyl (C=O) groups is 1. The fourth-order valence-corrected chi connectivity index (χ4v) is 3.25. The van der Waals surface area contributed by atoms with Crippen LogP contribution in [0, 0.1) is 5.92 Å². The van der Waals surface area contributed by atoms with Crippen LogP contribution in [-0.2, 0) is 0 Å². The molecule has 1 fully saturated rings. The van der Waals surface area contributed by atoms with Gasteiger partial charge in [0.2, 0.25) is 0 Å². The molecule has 1 amide bonds. The number of rotatable bonds is 3. The summed E-state index contributed by atoms with van der Waals surface area (Å²) in [5, 5.41) is 3.49. The first-order valence-corrected chi connectivity index (χ1v) is 7.99. The molecule has 3 rings (SSSR count). The first kappa shape index (κ1) is 14.8. The Balaban J connectivity index is 1.78. The van der Waals surface area contributed by atoms with E-state index >= 15 is 0 Å². The molecule has 1 N–H and O–H groups in total. The Morgan fingerprint density at radius 2 is 1.95 bits per heavy atom. The molecule has 1 aromatic carbocycles. The van der Waals surface area contributed by atoms with Crippen LogP contribution in [0.15, 0.2) is 39.5 Å². The molecule has 1 atom stereocenters. The molecule has 2 aromatic rings. The van der Waals surface area contributed by atoms with E-state index in [0.717, 1.165) is 12.8 Å². The van der Waals surface area contributed by atoms with E-state index in [1.165, 1.54) is 25.3 Å². The fraction of sp³-hybridized carbons (Fsp3) is 0.444. The molecule has 1 heterocycles. The third kappa shape index (κ3) is 3.06. The molecule has 4 heteroatoms. The lowest BCUT2D eigenvalue weighted by Gasteiger charge is -2.28. The van der Waals surface area contributed by atoms with Crippen molar-refractivity contribution in [3.8, 4) is 0 Å². The lowest BCUT2D eigenvalue weighted by atomic mass is 9.84. The van der Waals surface area contributed by atoms with Crippen LogP contribution in [0.25, 0.3) is 11.0 Å². The van der Waals surface area contributed by atoms with Crippen LogP contribution in [0.5, 0.6) is 0 Å². The van der Waals surface area contributed by atoms with E-state index < -0.39 is 0 Å². The second kappa shape index (κ2) is 6.34. The average Bonchev–Trinajstić information content (AvgIpc) is 2.55. The summed E-state index contributed by atoms with van der Waals surface area (Å²) < 4.78 is 5.58. The molecule has 1 aliphatic carbocycles. The minimum Gasteiger partial charge on any atom is -0.451 e. The normalized spacial score (nSPS) is 17.3. The second-order valence-corrected chi connectivity index (χ2v) is 6.13. The van der Waals surface area contributed by atoms with E-state index in [9.17, 15) is 9.59 Å². The molecule has 116 valence electrons. The van der Waals surface area contributed by atoms with Gasteiger partial charge in [0.1, 0.15) is 5.58 Å². The van der Waals surface area contributed by atoms with Crippen molar-refractivity contribution in [2.75, 3.05) is 0 Å². The number of nitrogens with one attached hydrogen (secondary N) is 1. The van der Waals surface area contributed by atoms with E-state index in [1.807, 2.05) is 6.92 Å². The van der Waals surface area contributed by atoms with E-state index in [-0.39, 0.29) is 23.1 Å². The zero-order valence-electron chi connectivity index (χ0n) is 12.8. The number of hydrogen-bond acceptors (Lipinski definition) is 3. The Hall–Kier alpha value is -2.10. The summed E-state index contributed by atoms with van der Waals surface area (Å²) in [6.45, 7) is 2.03. The minimum absolute atomic E-state index is 0.0892. The number of benzene rings is 1. The molecule has 0 radical (unpaired) electrons. The highest BCUT2D eigenvalue weighted by molar-refractivity contribution is 5.93. The Kier molecular flexibility index (Phi) is 4.27. The van der Waals surface area contributed by atoms with E-state index in [0.29, 0.717) is 16.9 Å². The Bertz CT molecular complexity index is 728. The number of hydrogen-bond donors (Lipinski definition) is 1. The van der Waals surface area contributed by atoms with Crippen molar-refractivity contribution < 1.29 is 9.21 Å². The first-order valence-electron chi connectivity index (χ1n) is 7.99. The van der Waals surface area contributed by atoms with Crippen molar-refractivity contribution in [3.05, 3.63) is 46.3 Å². The number of carbonyl (C=O) groups excluding carboxylic acids is 1. The molecule has 0 bridgehead atoms. The molecule has 0 aliphatic heterocycles. The van der Waals surface area contributed by atoms with Gasteiger partial charge < -0.3 is 9.73 Å². The summed E-state index contributed by atoms with van der Waals surface area (Å²) in [5.74, 6) is 0.303. The molecule has 1 aliphatic rings. The van der Waals surface area contributed by atoms with Gasteiger partial charge in [-0.05, 0) is 37.8 Å². The van der Waals surface area contributed by atoms with Crippen molar-refractivity contribution in [3.63, 3.8) is 0 Å². The molecule has 0 unspecified atom stereocenters. The van der Waals surface area contributed by atoms with Crippen LogP contribution in [0.1, 0.15) is 49.6 Å². The maximum atomic E-state index is 12.3. The van der Waals surface area contributed by atoms with Crippen LogP contribution in [0.3, 0.4) is 0 Å². The lowest BCUT2D eigenvalue weighted by Crippen LogP contribution is -2.39. The minimum atomic E-state index is -0.305. The summed E-state index contributed by atoms with van der Waals surface area (Å²) in [7, 11) is 0. The van der Waals surface area contributed by atoms with E-state index in [2.05, 4.69) is 5.32 Å². The number of fused-ring (bicyclic) bond motifs is 1. The molecule has 1 aromatic heterocycles. The van der Waals surface area contributed by atoms with Crippen LogP contribution in [0.2, 0.25) is 0 Å². The highest BCUT2D eigenvalue weighted by Crippen LogP contribution is 2.26. The monoisotopic (exact) mass is 299 g/mol. The molecule has 4 nitrogen and oxygen atoms in total. The maximum absolute atomic E-state index is 12.3. The van der Waals surface area contributed by atoms with Gasteiger partial charge in [0.25, 0.3) is 5.91 Å². The Labute approximate surface area is 129 Å². The molecule has 22 heavy (non-hydrogen) atoms. The molecule has 0 spiro atoms. The van der Waals surface area contributed by atoms with Gasteiger partial charge in [-0.3, -0.25) is 9.59 Å². The van der Waals surface area contributed by atoms with Gasteiger partial charge in [-0.2, -0.15) is 0 Å². The zero-order valence-corrected chi connectivity index (χ0v) is 12.8. The molecular formula is C18H21NO3. The third-order valence-corrected chi connectivity index (χ3v) is 4.57. The smallest absolute Gasteiger partial charge is 0.287 e. The van der Waals surface area contributed by atoms with Gasteiger partial charge in [-0.15, -0.1) is 0 Å². The van der Waals surface area contributed by atoms with Crippen molar-refractivity contribution in [1.29, 1.82) is 0 Å². The number of amides is 1. The molecule has 1 saturated carbocycles. The van der Waals surface area contributed by atoms with Gasteiger partial charge >= 0.3 is 0 Å². The predicted octanol–water partition coefficient (Wildman–Crippen LogP) is 3.49. The van der Waals surface area contributed by atoms with E-state index in [1.54, 1.807) is 24.3 Å². The van der Waals surface area contributed by atoms with Gasteiger partial charge in [0, 0.05) is 12.1 Å². The summed E-state index contributed by atoms with van der Waals surface area (Å²) in [4.78, 5) is 24.4. The van der Waals surface area contributed by atoms with Crippen LogP contribution < -0.4 is 10.7 Å². The standard InChI is InChI=1S/C18H21NO3/c1-12(13-7-3-2-4-8-13)19-18(21)17-11-15(20)14-9-5-6-10-16(14)22-17/h5-6,9-13H,2-4,7-8H2,1H3,(H,19,21)/t12-/m1/s1. The Morgan fingerprint density at radius 3 is 2.73 bits per heavy atom. The summed E-state index contributed by atoms with van der Waals surface area (Å²) in [6, 6.07) is 8.36.